The number of thiazole rings is 1. The van der Waals surface area contributed by atoms with Crippen LogP contribution < -0.4 is 4.72 Å². The van der Waals surface area contributed by atoms with Crippen LogP contribution in [0.25, 0.3) is 0 Å². The highest BCUT2D eigenvalue weighted by atomic mass is 32.2. The van der Waals surface area contributed by atoms with Crippen molar-refractivity contribution in [2.24, 2.45) is 0 Å². The summed E-state index contributed by atoms with van der Waals surface area (Å²) >= 11 is 0.898. The van der Waals surface area contributed by atoms with Crippen molar-refractivity contribution in [3.8, 4) is 0 Å². The average Bonchev–Trinajstić information content (AvgIpc) is 2.87. The Morgan fingerprint density at radius 1 is 1.45 bits per heavy atom. The van der Waals surface area contributed by atoms with Crippen LogP contribution in [0.15, 0.2) is 9.72 Å². The van der Waals surface area contributed by atoms with Gasteiger partial charge in [0.1, 0.15) is 0 Å². The van der Waals surface area contributed by atoms with E-state index in [-0.39, 0.29) is 9.90 Å². The Hall–Kier alpha value is -1.03. The molecular weight excluding hydrogens is 302 g/mol. The van der Waals surface area contributed by atoms with E-state index >= 15 is 0 Å². The number of nitrogens with one attached hydrogen (secondary N) is 1. The fourth-order valence-corrected chi connectivity index (χ4v) is 3.73. The van der Waals surface area contributed by atoms with Crippen molar-refractivity contribution in [1.82, 2.24) is 14.6 Å². The van der Waals surface area contributed by atoms with E-state index in [1.807, 2.05) is 19.0 Å². The minimum Gasteiger partial charge on any atom is -0.464 e. The number of ether oxygens (including phenoxy) is 1. The molecule has 1 aromatic rings. The van der Waals surface area contributed by atoms with Crippen molar-refractivity contribution >= 4 is 27.3 Å². The molecule has 1 heterocycles. The van der Waals surface area contributed by atoms with E-state index < -0.39 is 16.0 Å². The lowest BCUT2D eigenvalue weighted by Gasteiger charge is -2.09. The van der Waals surface area contributed by atoms with E-state index in [4.69, 9.17) is 0 Å². The molecule has 0 aromatic carbocycles. The van der Waals surface area contributed by atoms with E-state index in [1.165, 1.54) is 12.6 Å². The summed E-state index contributed by atoms with van der Waals surface area (Å²) in [5, 5.41) is 0. The van der Waals surface area contributed by atoms with E-state index in [1.54, 1.807) is 0 Å². The monoisotopic (exact) mass is 321 g/mol. The van der Waals surface area contributed by atoms with Crippen LogP contribution in [0.4, 0.5) is 0 Å². The number of esters is 1. The normalized spacial score (nSPS) is 11.8. The van der Waals surface area contributed by atoms with Crippen molar-refractivity contribution in [2.45, 2.75) is 17.1 Å². The maximum atomic E-state index is 12.1. The number of rotatable bonds is 8. The number of hydrogen-bond acceptors (Lipinski definition) is 7. The van der Waals surface area contributed by atoms with Gasteiger partial charge in [-0.25, -0.2) is 22.9 Å². The zero-order valence-electron chi connectivity index (χ0n) is 11.7. The van der Waals surface area contributed by atoms with Crippen LogP contribution >= 0.6 is 11.3 Å². The highest BCUT2D eigenvalue weighted by Gasteiger charge is 2.25. The number of aromatic nitrogens is 1. The molecule has 1 aromatic heterocycles. The fraction of sp³-hybridized carbons (Fsp3) is 0.636. The van der Waals surface area contributed by atoms with Gasteiger partial charge >= 0.3 is 5.97 Å². The average molecular weight is 321 g/mol. The molecule has 0 saturated heterocycles. The van der Waals surface area contributed by atoms with Crippen LogP contribution in [-0.4, -0.2) is 58.6 Å². The highest BCUT2D eigenvalue weighted by Crippen LogP contribution is 2.20. The second-order valence-corrected chi connectivity index (χ2v) is 7.21. The molecule has 0 saturated carbocycles. The Bertz CT molecular complexity index is 540. The second kappa shape index (κ2) is 7.67. The minimum atomic E-state index is -3.71. The Morgan fingerprint density at radius 3 is 2.75 bits per heavy atom. The zero-order valence-corrected chi connectivity index (χ0v) is 13.4. The summed E-state index contributed by atoms with van der Waals surface area (Å²) in [6, 6.07) is 0. The molecule has 0 fully saturated rings. The van der Waals surface area contributed by atoms with Crippen LogP contribution in [0.2, 0.25) is 0 Å². The molecule has 9 heteroatoms. The lowest BCUT2D eigenvalue weighted by atomic mass is 10.3. The van der Waals surface area contributed by atoms with E-state index in [2.05, 4.69) is 14.4 Å². The Balaban J connectivity index is 2.61. The van der Waals surface area contributed by atoms with E-state index in [0.717, 1.165) is 30.7 Å². The predicted octanol–water partition coefficient (Wildman–Crippen LogP) is 0.550. The summed E-state index contributed by atoms with van der Waals surface area (Å²) in [7, 11) is 1.40. The number of methoxy groups -OCH3 is 1. The molecule has 0 radical (unpaired) electrons. The van der Waals surface area contributed by atoms with Gasteiger partial charge in [0.15, 0.2) is 9.90 Å². The number of carbonyl (C=O) groups excluding carboxylic acids is 1. The summed E-state index contributed by atoms with van der Waals surface area (Å²) < 4.78 is 31.0. The molecular formula is C11H19N3O4S2. The van der Waals surface area contributed by atoms with Crippen LogP contribution in [0.5, 0.6) is 0 Å². The number of sulfonamides is 1. The smallest absolute Gasteiger partial charge is 0.358 e. The predicted molar refractivity (Wildman–Crippen MR) is 76.4 cm³/mol. The molecule has 0 bridgehead atoms. The van der Waals surface area contributed by atoms with Gasteiger partial charge in [0.05, 0.1) is 12.6 Å². The molecule has 0 unspecified atom stereocenters. The first-order chi connectivity index (χ1) is 9.38. The molecule has 0 aliphatic rings. The van der Waals surface area contributed by atoms with Crippen molar-refractivity contribution in [3.63, 3.8) is 0 Å². The molecule has 1 N–H and O–H groups in total. The van der Waals surface area contributed by atoms with Gasteiger partial charge in [0.2, 0.25) is 0 Å². The van der Waals surface area contributed by atoms with Gasteiger partial charge < -0.3 is 9.64 Å². The van der Waals surface area contributed by atoms with Crippen molar-refractivity contribution < 1.29 is 17.9 Å². The van der Waals surface area contributed by atoms with Gasteiger partial charge in [-0.1, -0.05) is 0 Å². The first-order valence-electron chi connectivity index (χ1n) is 6.04. The van der Waals surface area contributed by atoms with Crippen LogP contribution in [0.3, 0.4) is 0 Å². The molecule has 0 spiro atoms. The maximum absolute atomic E-state index is 12.1. The third-order valence-electron chi connectivity index (χ3n) is 2.48. The van der Waals surface area contributed by atoms with Crippen LogP contribution in [0.1, 0.15) is 23.3 Å². The minimum absolute atomic E-state index is 0.100. The zero-order chi connectivity index (χ0) is 15.2. The number of nitrogens with zero attached hydrogens (tertiary/aromatic N) is 2. The number of carbonyl (C=O) groups is 1. The standard InChI is InChI=1S/C11H19N3O4S2/c1-14(2)7-5-4-6-13-20(16,17)11-9(10(15)18-3)12-8-19-11/h8,13H,4-7H2,1-3H3. The SMILES string of the molecule is COC(=O)c1ncsc1S(=O)(=O)NCCCCN(C)C. The quantitative estimate of drug-likeness (QED) is 0.556. The summed E-state index contributed by atoms with van der Waals surface area (Å²) in [5.74, 6) is -0.751. The van der Waals surface area contributed by atoms with Crippen LogP contribution in [0, 0.1) is 0 Å². The van der Waals surface area contributed by atoms with Gasteiger partial charge in [-0.2, -0.15) is 0 Å². The summed E-state index contributed by atoms with van der Waals surface area (Å²) in [6.45, 7) is 1.23. The van der Waals surface area contributed by atoms with Crippen molar-refractivity contribution in [3.05, 3.63) is 11.2 Å². The molecule has 1 rings (SSSR count). The first-order valence-corrected chi connectivity index (χ1v) is 8.41. The second-order valence-electron chi connectivity index (χ2n) is 4.39. The first kappa shape index (κ1) is 17.0. The lowest BCUT2D eigenvalue weighted by Crippen LogP contribution is -2.26. The molecule has 0 atom stereocenters. The summed E-state index contributed by atoms with van der Waals surface area (Å²) in [6.07, 6.45) is 1.62. The van der Waals surface area contributed by atoms with Gasteiger partial charge in [-0.3, -0.25) is 0 Å². The topological polar surface area (TPSA) is 88.6 Å². The Labute approximate surface area is 123 Å². The largest absolute Gasteiger partial charge is 0.464 e. The molecule has 0 aliphatic carbocycles. The Kier molecular flexibility index (Phi) is 6.53. The molecule has 0 amide bonds. The number of unbranched alkanes of at least 4 members (excludes halogenated alkanes) is 1. The third-order valence-corrected chi connectivity index (χ3v) is 5.31. The van der Waals surface area contributed by atoms with Crippen molar-refractivity contribution in [1.29, 1.82) is 0 Å². The third kappa shape index (κ3) is 4.82. The van der Waals surface area contributed by atoms with E-state index in [0.29, 0.717) is 6.54 Å². The fourth-order valence-electron chi connectivity index (χ4n) is 1.48. The number of hydrogen-bond donors (Lipinski definition) is 1. The highest BCUT2D eigenvalue weighted by molar-refractivity contribution is 7.91. The molecule has 20 heavy (non-hydrogen) atoms. The lowest BCUT2D eigenvalue weighted by molar-refractivity contribution is 0.0590. The summed E-state index contributed by atoms with van der Waals surface area (Å²) in [5.41, 5.74) is 1.14. The molecule has 7 nitrogen and oxygen atoms in total. The summed E-state index contributed by atoms with van der Waals surface area (Å²) in [4.78, 5) is 17.2. The van der Waals surface area contributed by atoms with Crippen LogP contribution in [-0.2, 0) is 14.8 Å². The van der Waals surface area contributed by atoms with Gasteiger partial charge in [0.25, 0.3) is 10.0 Å². The van der Waals surface area contributed by atoms with Gasteiger partial charge in [-0.05, 0) is 33.5 Å². The van der Waals surface area contributed by atoms with Gasteiger partial charge in [0, 0.05) is 6.54 Å². The molecule has 0 aliphatic heterocycles. The van der Waals surface area contributed by atoms with Crippen molar-refractivity contribution in [2.75, 3.05) is 34.3 Å². The Morgan fingerprint density at radius 2 is 2.15 bits per heavy atom. The molecule has 114 valence electrons. The maximum Gasteiger partial charge on any atom is 0.358 e. The van der Waals surface area contributed by atoms with Gasteiger partial charge in [-0.15, -0.1) is 11.3 Å². The van der Waals surface area contributed by atoms with E-state index in [9.17, 15) is 13.2 Å².